The van der Waals surface area contributed by atoms with Gasteiger partial charge in [0, 0.05) is 18.2 Å². The predicted molar refractivity (Wildman–Crippen MR) is 60.1 cm³/mol. The highest BCUT2D eigenvalue weighted by atomic mass is 19.1. The molecule has 1 fully saturated rings. The van der Waals surface area contributed by atoms with Crippen molar-refractivity contribution in [3.63, 3.8) is 0 Å². The van der Waals surface area contributed by atoms with Crippen LogP contribution in [0, 0.1) is 22.6 Å². The summed E-state index contributed by atoms with van der Waals surface area (Å²) in [5.41, 5.74) is 1.35. The van der Waals surface area contributed by atoms with E-state index in [-0.39, 0.29) is 5.82 Å². The fourth-order valence-corrected chi connectivity index (χ4v) is 1.81. The van der Waals surface area contributed by atoms with Gasteiger partial charge in [0.25, 0.3) is 0 Å². The highest BCUT2D eigenvalue weighted by molar-refractivity contribution is 5.32. The molecule has 2 rings (SSSR count). The van der Waals surface area contributed by atoms with E-state index >= 15 is 0 Å². The zero-order valence-electron chi connectivity index (χ0n) is 9.55. The van der Waals surface area contributed by atoms with Crippen molar-refractivity contribution < 1.29 is 4.39 Å². The third-order valence-corrected chi connectivity index (χ3v) is 3.23. The lowest BCUT2D eigenvalue weighted by Gasteiger charge is -2.07. The number of nitriles is 1. The lowest BCUT2D eigenvalue weighted by Crippen LogP contribution is -2.20. The summed E-state index contributed by atoms with van der Waals surface area (Å²) in [4.78, 5) is 0. The number of nitrogens with zero attached hydrogens (tertiary/aromatic N) is 1. The zero-order valence-corrected chi connectivity index (χ0v) is 9.55. The van der Waals surface area contributed by atoms with Crippen molar-refractivity contribution in [2.75, 3.05) is 0 Å². The van der Waals surface area contributed by atoms with Gasteiger partial charge in [-0.1, -0.05) is 19.9 Å². The van der Waals surface area contributed by atoms with Crippen LogP contribution in [0.5, 0.6) is 0 Å². The van der Waals surface area contributed by atoms with Crippen LogP contribution >= 0.6 is 0 Å². The van der Waals surface area contributed by atoms with Gasteiger partial charge in [-0.3, -0.25) is 0 Å². The number of benzene rings is 1. The number of halogens is 1. The van der Waals surface area contributed by atoms with E-state index in [1.165, 1.54) is 6.07 Å². The van der Waals surface area contributed by atoms with Crippen LogP contribution in [-0.2, 0) is 6.54 Å². The molecular weight excluding hydrogens is 203 g/mol. The van der Waals surface area contributed by atoms with E-state index in [0.717, 1.165) is 6.42 Å². The van der Waals surface area contributed by atoms with E-state index in [1.807, 2.05) is 6.07 Å². The fraction of sp³-hybridized carbons (Fsp3) is 0.462. The standard InChI is InChI=1S/C13H15FN2/c1-13(2)6-12(13)16-8-10-4-3-9(7-15)5-11(10)14/h3-5,12,16H,6,8H2,1-2H3. The number of rotatable bonds is 3. The average Bonchev–Trinajstić information content (AvgIpc) is 2.84. The third kappa shape index (κ3) is 2.23. The molecule has 1 N–H and O–H groups in total. The second-order valence-corrected chi connectivity index (χ2v) is 5.04. The van der Waals surface area contributed by atoms with Gasteiger partial charge in [0.15, 0.2) is 0 Å². The van der Waals surface area contributed by atoms with Crippen LogP contribution in [0.3, 0.4) is 0 Å². The SMILES string of the molecule is CC1(C)CC1NCc1ccc(C#N)cc1F. The number of hydrogen-bond donors (Lipinski definition) is 1. The molecule has 0 amide bonds. The minimum absolute atomic E-state index is 0.301. The summed E-state index contributed by atoms with van der Waals surface area (Å²) >= 11 is 0. The molecule has 0 bridgehead atoms. The first-order valence-corrected chi connectivity index (χ1v) is 5.45. The number of nitrogens with one attached hydrogen (secondary N) is 1. The maximum atomic E-state index is 13.5. The Hall–Kier alpha value is -1.40. The van der Waals surface area contributed by atoms with Crippen LogP contribution in [-0.4, -0.2) is 6.04 Å². The van der Waals surface area contributed by atoms with Crippen molar-refractivity contribution >= 4 is 0 Å². The molecule has 0 aliphatic heterocycles. The van der Waals surface area contributed by atoms with Gasteiger partial charge >= 0.3 is 0 Å². The summed E-state index contributed by atoms with van der Waals surface area (Å²) in [5, 5.41) is 11.9. The second-order valence-electron chi connectivity index (χ2n) is 5.04. The summed E-state index contributed by atoms with van der Waals surface area (Å²) in [6.07, 6.45) is 1.14. The average molecular weight is 218 g/mol. The minimum Gasteiger partial charge on any atom is -0.309 e. The van der Waals surface area contributed by atoms with Crippen LogP contribution in [0.2, 0.25) is 0 Å². The highest BCUT2D eigenvalue weighted by Crippen LogP contribution is 2.44. The second kappa shape index (κ2) is 3.88. The van der Waals surface area contributed by atoms with Gasteiger partial charge in [-0.2, -0.15) is 5.26 Å². The molecule has 1 saturated carbocycles. The molecule has 1 aromatic carbocycles. The van der Waals surface area contributed by atoms with Crippen LogP contribution in [0.1, 0.15) is 31.4 Å². The molecule has 1 atom stereocenters. The first-order chi connectivity index (χ1) is 7.53. The Morgan fingerprint density at radius 2 is 2.25 bits per heavy atom. The molecule has 2 nitrogen and oxygen atoms in total. The van der Waals surface area contributed by atoms with Crippen LogP contribution in [0.25, 0.3) is 0 Å². The van der Waals surface area contributed by atoms with E-state index in [9.17, 15) is 4.39 Å². The lowest BCUT2D eigenvalue weighted by molar-refractivity contribution is 0.528. The molecule has 1 unspecified atom stereocenters. The Bertz CT molecular complexity index is 446. The maximum Gasteiger partial charge on any atom is 0.129 e. The van der Waals surface area contributed by atoms with E-state index < -0.39 is 0 Å². The number of hydrogen-bond acceptors (Lipinski definition) is 2. The Morgan fingerprint density at radius 1 is 1.56 bits per heavy atom. The summed E-state index contributed by atoms with van der Waals surface area (Å²) in [6, 6.07) is 7.03. The molecule has 1 aromatic rings. The largest absolute Gasteiger partial charge is 0.309 e. The quantitative estimate of drug-likeness (QED) is 0.846. The smallest absolute Gasteiger partial charge is 0.129 e. The van der Waals surface area contributed by atoms with E-state index in [4.69, 9.17) is 5.26 Å². The molecule has 0 aromatic heterocycles. The minimum atomic E-state index is -0.301. The third-order valence-electron chi connectivity index (χ3n) is 3.23. The molecular formula is C13H15FN2. The van der Waals surface area contributed by atoms with E-state index in [1.54, 1.807) is 12.1 Å². The summed E-state index contributed by atoms with van der Waals surface area (Å²) < 4.78 is 13.5. The summed E-state index contributed by atoms with van der Waals surface area (Å²) in [6.45, 7) is 4.92. The van der Waals surface area contributed by atoms with Crippen molar-refractivity contribution in [3.05, 3.63) is 35.1 Å². The monoisotopic (exact) mass is 218 g/mol. The summed E-state index contributed by atoms with van der Waals surface area (Å²) in [7, 11) is 0. The molecule has 3 heteroatoms. The molecule has 0 heterocycles. The van der Waals surface area contributed by atoms with Gasteiger partial charge in [0.1, 0.15) is 5.82 Å². The molecule has 1 aliphatic carbocycles. The summed E-state index contributed by atoms with van der Waals surface area (Å²) in [5.74, 6) is -0.301. The van der Waals surface area contributed by atoms with Gasteiger partial charge in [-0.05, 0) is 24.0 Å². The van der Waals surface area contributed by atoms with Crippen LogP contribution in [0.4, 0.5) is 4.39 Å². The van der Waals surface area contributed by atoms with Gasteiger partial charge in [-0.15, -0.1) is 0 Å². The van der Waals surface area contributed by atoms with Gasteiger partial charge in [0.2, 0.25) is 0 Å². The van der Waals surface area contributed by atoms with E-state index in [0.29, 0.717) is 29.1 Å². The van der Waals surface area contributed by atoms with Crippen LogP contribution < -0.4 is 5.32 Å². The Morgan fingerprint density at radius 3 is 2.75 bits per heavy atom. The Kier molecular flexibility index (Phi) is 2.69. The zero-order chi connectivity index (χ0) is 11.8. The van der Waals surface area contributed by atoms with Crippen molar-refractivity contribution in [1.29, 1.82) is 5.26 Å². The molecule has 1 aliphatic rings. The maximum absolute atomic E-state index is 13.5. The van der Waals surface area contributed by atoms with Crippen molar-refractivity contribution in [2.24, 2.45) is 5.41 Å². The van der Waals surface area contributed by atoms with Crippen LogP contribution in [0.15, 0.2) is 18.2 Å². The normalized spacial score (nSPS) is 21.5. The van der Waals surface area contributed by atoms with Gasteiger partial charge in [0.05, 0.1) is 11.6 Å². The lowest BCUT2D eigenvalue weighted by atomic mass is 10.1. The van der Waals surface area contributed by atoms with E-state index in [2.05, 4.69) is 19.2 Å². The van der Waals surface area contributed by atoms with Gasteiger partial charge in [-0.25, -0.2) is 4.39 Å². The van der Waals surface area contributed by atoms with Crippen molar-refractivity contribution in [2.45, 2.75) is 32.9 Å². The first-order valence-electron chi connectivity index (χ1n) is 5.45. The first kappa shape index (κ1) is 11.1. The topological polar surface area (TPSA) is 35.8 Å². The molecule has 0 radical (unpaired) electrons. The fourth-order valence-electron chi connectivity index (χ4n) is 1.81. The Labute approximate surface area is 95.1 Å². The highest BCUT2D eigenvalue weighted by Gasteiger charge is 2.45. The molecule has 16 heavy (non-hydrogen) atoms. The van der Waals surface area contributed by atoms with Crippen molar-refractivity contribution in [3.8, 4) is 6.07 Å². The molecule has 84 valence electrons. The molecule has 0 spiro atoms. The molecule has 0 saturated heterocycles. The predicted octanol–water partition coefficient (Wildman–Crippen LogP) is 2.59. The van der Waals surface area contributed by atoms with Gasteiger partial charge < -0.3 is 5.32 Å². The Balaban J connectivity index is 1.98. The van der Waals surface area contributed by atoms with Crippen molar-refractivity contribution in [1.82, 2.24) is 5.32 Å².